The van der Waals surface area contributed by atoms with Gasteiger partial charge in [0.25, 0.3) is 0 Å². The fourth-order valence-corrected chi connectivity index (χ4v) is 2.24. The van der Waals surface area contributed by atoms with Gasteiger partial charge in [0.05, 0.1) is 11.7 Å². The number of aliphatic hydroxyl groups is 1. The van der Waals surface area contributed by atoms with E-state index in [9.17, 15) is 9.50 Å². The maximum atomic E-state index is 13.8. The van der Waals surface area contributed by atoms with Crippen molar-refractivity contribution in [3.63, 3.8) is 0 Å². The molecule has 2 rings (SSSR count). The fraction of sp³-hybridized carbons (Fsp3) is 0.333. The summed E-state index contributed by atoms with van der Waals surface area (Å²) in [5, 5.41) is 9.69. The Morgan fingerprint density at radius 2 is 1.76 bits per heavy atom. The molecule has 0 aliphatic rings. The van der Waals surface area contributed by atoms with Crippen molar-refractivity contribution in [2.75, 3.05) is 0 Å². The van der Waals surface area contributed by atoms with Crippen LogP contribution in [0.3, 0.4) is 0 Å². The van der Waals surface area contributed by atoms with Crippen LogP contribution in [0.1, 0.15) is 50.3 Å². The largest absolute Gasteiger partial charge is 0.457 e. The van der Waals surface area contributed by atoms with Crippen molar-refractivity contribution in [3.05, 3.63) is 59.4 Å². The Morgan fingerprint density at radius 3 is 2.33 bits per heavy atom. The lowest BCUT2D eigenvalue weighted by Crippen LogP contribution is -2.00. The van der Waals surface area contributed by atoms with Gasteiger partial charge in [-0.25, -0.2) is 4.39 Å². The second-order valence-corrected chi connectivity index (χ2v) is 5.31. The van der Waals surface area contributed by atoms with Gasteiger partial charge in [-0.1, -0.05) is 32.0 Å². The van der Waals surface area contributed by atoms with E-state index in [-0.39, 0.29) is 5.56 Å². The molecule has 0 bridgehead atoms. The molecule has 21 heavy (non-hydrogen) atoms. The second-order valence-electron chi connectivity index (χ2n) is 5.31. The molecule has 0 aliphatic heterocycles. The van der Waals surface area contributed by atoms with Crippen molar-refractivity contribution in [2.45, 2.75) is 39.2 Å². The van der Waals surface area contributed by atoms with Crippen LogP contribution in [0.2, 0.25) is 0 Å². The molecule has 0 fully saturated rings. The highest BCUT2D eigenvalue weighted by Crippen LogP contribution is 2.32. The Balaban J connectivity index is 2.25. The maximum absolute atomic E-state index is 13.8. The van der Waals surface area contributed by atoms with Crippen molar-refractivity contribution < 1.29 is 14.2 Å². The molecule has 2 aromatic carbocycles. The topological polar surface area (TPSA) is 29.5 Å². The lowest BCUT2D eigenvalue weighted by molar-refractivity contribution is 0.190. The Morgan fingerprint density at radius 1 is 1.10 bits per heavy atom. The molecule has 0 spiro atoms. The van der Waals surface area contributed by atoms with Gasteiger partial charge < -0.3 is 9.84 Å². The summed E-state index contributed by atoms with van der Waals surface area (Å²) in [5.41, 5.74) is 1.43. The average Bonchev–Trinajstić information content (AvgIpc) is 2.47. The zero-order chi connectivity index (χ0) is 15.4. The van der Waals surface area contributed by atoms with E-state index in [0.717, 1.165) is 6.42 Å². The highest BCUT2D eigenvalue weighted by atomic mass is 19.1. The number of hydrogen-bond donors (Lipinski definition) is 1. The SMILES string of the molecule is CCC(C)c1ccc(Oc2cccc(F)c2[C@@H](C)O)cc1. The molecule has 112 valence electrons. The third-order valence-electron chi connectivity index (χ3n) is 3.72. The van der Waals surface area contributed by atoms with Crippen molar-refractivity contribution in [3.8, 4) is 11.5 Å². The van der Waals surface area contributed by atoms with Crippen LogP contribution in [0, 0.1) is 5.82 Å². The van der Waals surface area contributed by atoms with Crippen LogP contribution in [0.4, 0.5) is 4.39 Å². The number of benzene rings is 2. The van der Waals surface area contributed by atoms with Gasteiger partial charge in [0, 0.05) is 0 Å². The van der Waals surface area contributed by atoms with Crippen LogP contribution >= 0.6 is 0 Å². The second kappa shape index (κ2) is 6.72. The molecule has 1 N–H and O–H groups in total. The molecular weight excluding hydrogens is 267 g/mol. The molecule has 1 unspecified atom stereocenters. The predicted octanol–water partition coefficient (Wildman–Crippen LogP) is 5.18. The Hall–Kier alpha value is -1.87. The molecule has 0 radical (unpaired) electrons. The van der Waals surface area contributed by atoms with Crippen molar-refractivity contribution in [1.29, 1.82) is 0 Å². The van der Waals surface area contributed by atoms with Gasteiger partial charge in [-0.05, 0) is 49.1 Å². The van der Waals surface area contributed by atoms with Gasteiger partial charge in [0.1, 0.15) is 17.3 Å². The summed E-state index contributed by atoms with van der Waals surface area (Å²) in [6, 6.07) is 12.3. The van der Waals surface area contributed by atoms with Crippen molar-refractivity contribution in [1.82, 2.24) is 0 Å². The molecule has 0 amide bonds. The predicted molar refractivity (Wildman–Crippen MR) is 82.3 cm³/mol. The molecule has 0 aliphatic carbocycles. The molecule has 2 aromatic rings. The summed E-state index contributed by atoms with van der Waals surface area (Å²) in [7, 11) is 0. The summed E-state index contributed by atoms with van der Waals surface area (Å²) in [6.07, 6.45) is 0.164. The van der Waals surface area contributed by atoms with Gasteiger partial charge in [0.15, 0.2) is 0 Å². The van der Waals surface area contributed by atoms with E-state index in [1.54, 1.807) is 12.1 Å². The average molecular weight is 288 g/mol. The van der Waals surface area contributed by atoms with Crippen LogP contribution in [0.25, 0.3) is 0 Å². The fourth-order valence-electron chi connectivity index (χ4n) is 2.24. The van der Waals surface area contributed by atoms with E-state index in [1.165, 1.54) is 18.6 Å². The monoisotopic (exact) mass is 288 g/mol. The van der Waals surface area contributed by atoms with Crippen molar-refractivity contribution in [2.24, 2.45) is 0 Å². The lowest BCUT2D eigenvalue weighted by atomic mass is 9.99. The minimum Gasteiger partial charge on any atom is -0.457 e. The summed E-state index contributed by atoms with van der Waals surface area (Å²) in [6.45, 7) is 5.85. The standard InChI is InChI=1S/C18H21FO2/c1-4-12(2)14-8-10-15(11-9-14)21-17-7-5-6-16(19)18(17)13(3)20/h5-13,20H,4H2,1-3H3/t12?,13-/m1/s1. The third kappa shape index (κ3) is 3.61. The van der Waals surface area contributed by atoms with Gasteiger partial charge in [-0.3, -0.25) is 0 Å². The molecule has 3 heteroatoms. The zero-order valence-electron chi connectivity index (χ0n) is 12.6. The first kappa shape index (κ1) is 15.5. The molecule has 0 aromatic heterocycles. The number of rotatable bonds is 5. The number of ether oxygens (including phenoxy) is 1. The first-order valence-corrected chi connectivity index (χ1v) is 7.27. The first-order chi connectivity index (χ1) is 10.0. The van der Waals surface area contributed by atoms with E-state index in [4.69, 9.17) is 4.74 Å². The van der Waals surface area contributed by atoms with E-state index < -0.39 is 11.9 Å². The number of aliphatic hydroxyl groups excluding tert-OH is 1. The van der Waals surface area contributed by atoms with Crippen LogP contribution in [0.5, 0.6) is 11.5 Å². The third-order valence-corrected chi connectivity index (χ3v) is 3.72. The summed E-state index contributed by atoms with van der Waals surface area (Å²) >= 11 is 0. The van der Waals surface area contributed by atoms with Crippen LogP contribution in [-0.4, -0.2) is 5.11 Å². The zero-order valence-corrected chi connectivity index (χ0v) is 12.6. The van der Waals surface area contributed by atoms with E-state index in [0.29, 0.717) is 17.4 Å². The van der Waals surface area contributed by atoms with Gasteiger partial charge in [-0.2, -0.15) is 0 Å². The van der Waals surface area contributed by atoms with Crippen molar-refractivity contribution >= 4 is 0 Å². The van der Waals surface area contributed by atoms with Crippen LogP contribution in [0.15, 0.2) is 42.5 Å². The summed E-state index contributed by atoms with van der Waals surface area (Å²) < 4.78 is 19.5. The quantitative estimate of drug-likeness (QED) is 0.821. The number of halogens is 1. The van der Waals surface area contributed by atoms with E-state index in [1.807, 2.05) is 24.3 Å². The summed E-state index contributed by atoms with van der Waals surface area (Å²) in [4.78, 5) is 0. The molecule has 2 nitrogen and oxygen atoms in total. The van der Waals surface area contributed by atoms with Crippen LogP contribution in [-0.2, 0) is 0 Å². The molecule has 2 atom stereocenters. The molecular formula is C18H21FO2. The maximum Gasteiger partial charge on any atom is 0.136 e. The minimum atomic E-state index is -0.916. The van der Waals surface area contributed by atoms with E-state index in [2.05, 4.69) is 13.8 Å². The normalized spacial score (nSPS) is 13.8. The minimum absolute atomic E-state index is 0.184. The molecule has 0 saturated carbocycles. The Labute approximate surface area is 125 Å². The van der Waals surface area contributed by atoms with Gasteiger partial charge in [0.2, 0.25) is 0 Å². The van der Waals surface area contributed by atoms with Crippen LogP contribution < -0.4 is 4.74 Å². The summed E-state index contributed by atoms with van der Waals surface area (Å²) in [5.74, 6) is 1.02. The smallest absolute Gasteiger partial charge is 0.136 e. The van der Waals surface area contributed by atoms with Gasteiger partial charge >= 0.3 is 0 Å². The highest BCUT2D eigenvalue weighted by molar-refractivity contribution is 5.40. The first-order valence-electron chi connectivity index (χ1n) is 7.27. The Kier molecular flexibility index (Phi) is 4.97. The van der Waals surface area contributed by atoms with E-state index >= 15 is 0 Å². The number of hydrogen-bond acceptors (Lipinski definition) is 2. The highest BCUT2D eigenvalue weighted by Gasteiger charge is 2.15. The lowest BCUT2D eigenvalue weighted by Gasteiger charge is -2.15. The Bertz CT molecular complexity index is 591. The molecule has 0 saturated heterocycles. The van der Waals surface area contributed by atoms with Gasteiger partial charge in [-0.15, -0.1) is 0 Å². The molecule has 0 heterocycles.